The predicted octanol–water partition coefficient (Wildman–Crippen LogP) is 2.03. The second kappa shape index (κ2) is 11.1. The molecule has 140 valence electrons. The van der Waals surface area contributed by atoms with Crippen LogP contribution in [0.5, 0.6) is 0 Å². The number of nitrogens with one attached hydrogen (secondary N) is 2. The Bertz CT molecular complexity index is 521. The van der Waals surface area contributed by atoms with Gasteiger partial charge in [-0.15, -0.1) is 0 Å². The number of methoxy groups -OCH3 is 1. The van der Waals surface area contributed by atoms with Crippen LogP contribution in [0.2, 0.25) is 0 Å². The molecule has 0 radical (unpaired) electrons. The molecule has 1 unspecified atom stereocenters. The van der Waals surface area contributed by atoms with Crippen LogP contribution in [0, 0.1) is 5.82 Å². The van der Waals surface area contributed by atoms with Gasteiger partial charge in [0.1, 0.15) is 5.82 Å². The minimum Gasteiger partial charge on any atom is -0.383 e. The van der Waals surface area contributed by atoms with Gasteiger partial charge in [-0.3, -0.25) is 9.89 Å². The molecule has 1 heterocycles. The first-order valence-corrected chi connectivity index (χ1v) is 9.22. The Morgan fingerprint density at radius 2 is 2.12 bits per heavy atom. The minimum absolute atomic E-state index is 0.193. The van der Waals surface area contributed by atoms with E-state index in [2.05, 4.69) is 22.5 Å². The zero-order valence-electron chi connectivity index (χ0n) is 15.4. The standard InChI is InChI=1S/C19H31FN4O/c1-3-21-19(22-11-10-16-6-8-17(20)9-7-16)23-15-18-5-4-12-24(18)13-14-25-2/h6-9,18H,3-5,10-15H2,1-2H3,(H2,21,22,23). The minimum atomic E-state index is -0.193. The molecular weight excluding hydrogens is 319 g/mol. The summed E-state index contributed by atoms with van der Waals surface area (Å²) in [7, 11) is 1.75. The van der Waals surface area contributed by atoms with Gasteiger partial charge in [0, 0.05) is 32.8 Å². The highest BCUT2D eigenvalue weighted by Gasteiger charge is 2.23. The largest absolute Gasteiger partial charge is 0.383 e. The average Bonchev–Trinajstić information content (AvgIpc) is 3.07. The third kappa shape index (κ3) is 7.00. The van der Waals surface area contributed by atoms with Gasteiger partial charge in [-0.05, 0) is 50.4 Å². The summed E-state index contributed by atoms with van der Waals surface area (Å²) in [5, 5.41) is 6.66. The van der Waals surface area contributed by atoms with E-state index in [1.54, 1.807) is 7.11 Å². The number of hydrogen-bond acceptors (Lipinski definition) is 3. The second-order valence-electron chi connectivity index (χ2n) is 6.35. The summed E-state index contributed by atoms with van der Waals surface area (Å²) < 4.78 is 18.1. The number of likely N-dealkylation sites (tertiary alicyclic amines) is 1. The summed E-state index contributed by atoms with van der Waals surface area (Å²) in [4.78, 5) is 7.22. The molecule has 1 aliphatic heterocycles. The lowest BCUT2D eigenvalue weighted by Crippen LogP contribution is -2.40. The molecule has 0 amide bonds. The Morgan fingerprint density at radius 1 is 1.32 bits per heavy atom. The first-order chi connectivity index (χ1) is 12.2. The van der Waals surface area contributed by atoms with E-state index < -0.39 is 0 Å². The maximum atomic E-state index is 12.9. The van der Waals surface area contributed by atoms with Crippen molar-refractivity contribution in [2.75, 3.05) is 46.4 Å². The number of ether oxygens (including phenoxy) is 1. The molecule has 0 spiro atoms. The van der Waals surface area contributed by atoms with Crippen molar-refractivity contribution in [1.29, 1.82) is 0 Å². The van der Waals surface area contributed by atoms with E-state index in [0.717, 1.165) is 57.3 Å². The van der Waals surface area contributed by atoms with Crippen LogP contribution >= 0.6 is 0 Å². The summed E-state index contributed by atoms with van der Waals surface area (Å²) in [6, 6.07) is 7.16. The van der Waals surface area contributed by atoms with Crippen molar-refractivity contribution < 1.29 is 9.13 Å². The quantitative estimate of drug-likeness (QED) is 0.529. The van der Waals surface area contributed by atoms with Gasteiger partial charge in [-0.25, -0.2) is 4.39 Å². The Balaban J connectivity index is 1.79. The first-order valence-electron chi connectivity index (χ1n) is 9.22. The highest BCUT2D eigenvalue weighted by molar-refractivity contribution is 5.79. The van der Waals surface area contributed by atoms with Crippen LogP contribution in [0.25, 0.3) is 0 Å². The first kappa shape index (κ1) is 19.7. The Morgan fingerprint density at radius 3 is 2.84 bits per heavy atom. The zero-order chi connectivity index (χ0) is 17.9. The number of nitrogens with zero attached hydrogens (tertiary/aromatic N) is 2. The molecule has 1 aromatic rings. The number of benzene rings is 1. The second-order valence-corrected chi connectivity index (χ2v) is 6.35. The summed E-state index contributed by atoms with van der Waals surface area (Å²) in [6.45, 7) is 7.36. The van der Waals surface area contributed by atoms with Crippen LogP contribution in [0.15, 0.2) is 29.3 Å². The molecule has 25 heavy (non-hydrogen) atoms. The summed E-state index contributed by atoms with van der Waals surface area (Å²) in [5.41, 5.74) is 1.12. The molecule has 0 saturated carbocycles. The Labute approximate surface area is 150 Å². The fourth-order valence-electron chi connectivity index (χ4n) is 3.12. The fraction of sp³-hybridized carbons (Fsp3) is 0.632. The lowest BCUT2D eigenvalue weighted by atomic mass is 10.1. The van der Waals surface area contributed by atoms with Gasteiger partial charge in [-0.1, -0.05) is 12.1 Å². The average molecular weight is 350 g/mol. The number of aliphatic imine (C=N–C) groups is 1. The molecule has 1 aromatic carbocycles. The maximum absolute atomic E-state index is 12.9. The van der Waals surface area contributed by atoms with Crippen LogP contribution in [0.1, 0.15) is 25.3 Å². The van der Waals surface area contributed by atoms with E-state index in [0.29, 0.717) is 6.04 Å². The lowest BCUT2D eigenvalue weighted by Gasteiger charge is -2.23. The van der Waals surface area contributed by atoms with E-state index in [-0.39, 0.29) is 5.82 Å². The van der Waals surface area contributed by atoms with Gasteiger partial charge in [0.05, 0.1) is 13.2 Å². The van der Waals surface area contributed by atoms with Crippen molar-refractivity contribution in [1.82, 2.24) is 15.5 Å². The molecule has 2 N–H and O–H groups in total. The van der Waals surface area contributed by atoms with Gasteiger partial charge < -0.3 is 15.4 Å². The third-order valence-electron chi connectivity index (χ3n) is 4.51. The van der Waals surface area contributed by atoms with Gasteiger partial charge in [-0.2, -0.15) is 0 Å². The fourth-order valence-corrected chi connectivity index (χ4v) is 3.12. The molecule has 1 saturated heterocycles. The summed E-state index contributed by atoms with van der Waals surface area (Å²) >= 11 is 0. The molecule has 0 bridgehead atoms. The van der Waals surface area contributed by atoms with Crippen molar-refractivity contribution >= 4 is 5.96 Å². The number of hydrogen-bond donors (Lipinski definition) is 2. The van der Waals surface area contributed by atoms with Crippen LogP contribution in [0.3, 0.4) is 0 Å². The number of halogens is 1. The number of guanidine groups is 1. The third-order valence-corrected chi connectivity index (χ3v) is 4.51. The molecule has 1 fully saturated rings. The van der Waals surface area contributed by atoms with Gasteiger partial charge in [0.15, 0.2) is 5.96 Å². The molecule has 1 atom stereocenters. The molecule has 2 rings (SSSR count). The normalized spacial score (nSPS) is 18.5. The summed E-state index contributed by atoms with van der Waals surface area (Å²) in [5.74, 6) is 0.657. The van der Waals surface area contributed by atoms with Crippen LogP contribution in [-0.2, 0) is 11.2 Å². The topological polar surface area (TPSA) is 48.9 Å². The smallest absolute Gasteiger partial charge is 0.191 e. The van der Waals surface area contributed by atoms with Crippen molar-refractivity contribution in [2.24, 2.45) is 4.99 Å². The molecule has 6 heteroatoms. The van der Waals surface area contributed by atoms with E-state index in [4.69, 9.17) is 9.73 Å². The maximum Gasteiger partial charge on any atom is 0.191 e. The predicted molar refractivity (Wildman–Crippen MR) is 101 cm³/mol. The number of rotatable bonds is 9. The van der Waals surface area contributed by atoms with Crippen LogP contribution in [0.4, 0.5) is 4.39 Å². The molecule has 1 aliphatic rings. The van der Waals surface area contributed by atoms with E-state index >= 15 is 0 Å². The Kier molecular flexibility index (Phi) is 8.69. The van der Waals surface area contributed by atoms with Crippen LogP contribution < -0.4 is 10.6 Å². The van der Waals surface area contributed by atoms with E-state index in [1.165, 1.54) is 25.0 Å². The van der Waals surface area contributed by atoms with Crippen LogP contribution in [-0.4, -0.2) is 63.3 Å². The molecular formula is C19H31FN4O. The van der Waals surface area contributed by atoms with E-state index in [1.807, 2.05) is 12.1 Å². The highest BCUT2D eigenvalue weighted by atomic mass is 19.1. The molecule has 5 nitrogen and oxygen atoms in total. The lowest BCUT2D eigenvalue weighted by molar-refractivity contribution is 0.142. The SMILES string of the molecule is CCNC(=NCC1CCCN1CCOC)NCCc1ccc(F)cc1. The highest BCUT2D eigenvalue weighted by Crippen LogP contribution is 2.16. The van der Waals surface area contributed by atoms with Gasteiger partial charge in [0.25, 0.3) is 0 Å². The molecule has 0 aliphatic carbocycles. The zero-order valence-corrected chi connectivity index (χ0v) is 15.4. The van der Waals surface area contributed by atoms with Crippen molar-refractivity contribution in [2.45, 2.75) is 32.2 Å². The van der Waals surface area contributed by atoms with Crippen molar-refractivity contribution in [3.8, 4) is 0 Å². The molecule has 0 aromatic heterocycles. The van der Waals surface area contributed by atoms with Gasteiger partial charge in [0.2, 0.25) is 0 Å². The Hall–Kier alpha value is -1.66. The summed E-state index contributed by atoms with van der Waals surface area (Å²) in [6.07, 6.45) is 3.27. The van der Waals surface area contributed by atoms with E-state index in [9.17, 15) is 4.39 Å². The monoisotopic (exact) mass is 350 g/mol. The van der Waals surface area contributed by atoms with Crippen molar-refractivity contribution in [3.63, 3.8) is 0 Å². The van der Waals surface area contributed by atoms with Crippen molar-refractivity contribution in [3.05, 3.63) is 35.6 Å². The van der Waals surface area contributed by atoms with Gasteiger partial charge >= 0.3 is 0 Å².